The van der Waals surface area contributed by atoms with E-state index in [1.807, 2.05) is 30.1 Å². The maximum atomic E-state index is 13.1. The minimum Gasteiger partial charge on any atom is -0.494 e. The SMILES string of the molecule is COc1cc(OC)c2c(c1OCCN(C)CCO)N2c1nc2ccccc2nc1NS(=O)(=O)c1cccs1. The van der Waals surface area contributed by atoms with Crippen LogP contribution in [0.15, 0.2) is 52.1 Å². The van der Waals surface area contributed by atoms with Gasteiger partial charge in [0.15, 0.2) is 23.1 Å². The number of benzene rings is 2. The second-order valence-electron chi connectivity index (χ2n) is 8.44. The van der Waals surface area contributed by atoms with E-state index in [2.05, 4.69) is 9.71 Å². The number of para-hydroxylation sites is 2. The molecule has 200 valence electrons. The third-order valence-electron chi connectivity index (χ3n) is 5.95. The van der Waals surface area contributed by atoms with Gasteiger partial charge < -0.3 is 24.2 Å². The molecular weight excluding hydrogens is 530 g/mol. The Morgan fingerprint density at radius 2 is 1.76 bits per heavy atom. The summed E-state index contributed by atoms with van der Waals surface area (Å²) in [5, 5.41) is 10.9. The number of nitrogens with zero attached hydrogens (tertiary/aromatic N) is 4. The highest BCUT2D eigenvalue weighted by molar-refractivity contribution is 7.94. The van der Waals surface area contributed by atoms with Crippen LogP contribution in [0.4, 0.5) is 23.0 Å². The highest BCUT2D eigenvalue weighted by Crippen LogP contribution is 2.66. The molecule has 38 heavy (non-hydrogen) atoms. The van der Waals surface area contributed by atoms with Crippen LogP contribution >= 0.6 is 11.3 Å². The standard InChI is InChI=1S/C25H27N5O6S2/c1-29(10-12-31)11-13-36-23-19(35-3)15-18(34-2)21-22(23)30(21)25-24(26-16-7-4-5-8-17(16)27-25)28-38(32,33)20-9-6-14-37-20/h4-9,14-15,31H,10-13H2,1-3H3,(H,26,28). The average Bonchev–Trinajstić information content (AvgIpc) is 3.36. The smallest absolute Gasteiger partial charge is 0.272 e. The lowest BCUT2D eigenvalue weighted by Gasteiger charge is -2.16. The van der Waals surface area contributed by atoms with Crippen molar-refractivity contribution in [1.29, 1.82) is 0 Å². The van der Waals surface area contributed by atoms with Crippen molar-refractivity contribution >= 4 is 55.4 Å². The quantitative estimate of drug-likeness (QED) is 0.220. The summed E-state index contributed by atoms with van der Waals surface area (Å²) in [6.07, 6.45) is 0. The fraction of sp³-hybridized carbons (Fsp3) is 0.280. The minimum atomic E-state index is -3.90. The molecule has 3 heterocycles. The van der Waals surface area contributed by atoms with Crippen molar-refractivity contribution in [1.82, 2.24) is 14.9 Å². The average molecular weight is 558 g/mol. The van der Waals surface area contributed by atoms with Gasteiger partial charge in [0.1, 0.15) is 27.9 Å². The Kier molecular flexibility index (Phi) is 7.25. The van der Waals surface area contributed by atoms with Crippen LogP contribution in [-0.2, 0) is 10.0 Å². The number of aromatic nitrogens is 2. The van der Waals surface area contributed by atoms with Gasteiger partial charge in [0.05, 0.1) is 31.9 Å². The molecule has 5 rings (SSSR count). The molecule has 0 amide bonds. The van der Waals surface area contributed by atoms with E-state index in [1.54, 1.807) is 35.6 Å². The molecule has 2 aromatic carbocycles. The van der Waals surface area contributed by atoms with Gasteiger partial charge >= 0.3 is 0 Å². The van der Waals surface area contributed by atoms with E-state index in [1.165, 1.54) is 13.2 Å². The van der Waals surface area contributed by atoms with Crippen molar-refractivity contribution in [3.05, 3.63) is 47.8 Å². The number of ether oxygens (including phenoxy) is 3. The van der Waals surface area contributed by atoms with E-state index in [9.17, 15) is 8.42 Å². The second-order valence-corrected chi connectivity index (χ2v) is 11.3. The van der Waals surface area contributed by atoms with Crippen LogP contribution in [0.3, 0.4) is 0 Å². The normalized spacial score (nSPS) is 12.5. The van der Waals surface area contributed by atoms with E-state index < -0.39 is 10.0 Å². The maximum absolute atomic E-state index is 13.1. The molecule has 0 saturated carbocycles. The number of aliphatic hydroxyl groups excluding tert-OH is 1. The number of likely N-dealkylation sites (N-methyl/N-ethyl adjacent to an activating group) is 1. The van der Waals surface area contributed by atoms with Crippen molar-refractivity contribution in [3.8, 4) is 17.2 Å². The highest BCUT2D eigenvalue weighted by Gasteiger charge is 2.44. The lowest BCUT2D eigenvalue weighted by Crippen LogP contribution is -2.27. The summed E-state index contributed by atoms with van der Waals surface area (Å²) < 4.78 is 46.4. The van der Waals surface area contributed by atoms with E-state index in [-0.39, 0.29) is 22.5 Å². The molecular formula is C25H27N5O6S2. The summed E-state index contributed by atoms with van der Waals surface area (Å²) in [6, 6.07) is 12.2. The molecule has 0 spiro atoms. The molecule has 0 saturated heterocycles. The molecule has 2 N–H and O–H groups in total. The largest absolute Gasteiger partial charge is 0.494 e. The lowest BCUT2D eigenvalue weighted by molar-refractivity contribution is 0.190. The maximum Gasteiger partial charge on any atom is 0.272 e. The fourth-order valence-electron chi connectivity index (χ4n) is 4.02. The zero-order valence-electron chi connectivity index (χ0n) is 21.0. The number of thiophene rings is 1. The van der Waals surface area contributed by atoms with Gasteiger partial charge in [-0.15, -0.1) is 11.3 Å². The van der Waals surface area contributed by atoms with E-state index >= 15 is 0 Å². The first kappa shape index (κ1) is 26.0. The van der Waals surface area contributed by atoms with Crippen LogP contribution in [0.1, 0.15) is 0 Å². The van der Waals surface area contributed by atoms with Crippen LogP contribution in [0, 0.1) is 0 Å². The first-order valence-electron chi connectivity index (χ1n) is 11.7. The van der Waals surface area contributed by atoms with Gasteiger partial charge in [0.25, 0.3) is 10.0 Å². The predicted molar refractivity (Wildman–Crippen MR) is 146 cm³/mol. The summed E-state index contributed by atoms with van der Waals surface area (Å²) in [7, 11) is 1.07. The lowest BCUT2D eigenvalue weighted by atomic mass is 10.3. The number of anilines is 4. The first-order valence-corrected chi connectivity index (χ1v) is 14.1. The van der Waals surface area contributed by atoms with Gasteiger partial charge in [-0.3, -0.25) is 9.62 Å². The number of rotatable bonds is 12. The second kappa shape index (κ2) is 10.6. The molecule has 0 radical (unpaired) electrons. The Morgan fingerprint density at radius 3 is 2.42 bits per heavy atom. The molecule has 1 aliphatic heterocycles. The molecule has 2 aromatic heterocycles. The van der Waals surface area contributed by atoms with E-state index in [0.717, 1.165) is 11.3 Å². The minimum absolute atomic E-state index is 0.0519. The molecule has 4 aromatic rings. The third-order valence-corrected chi connectivity index (χ3v) is 8.69. The number of methoxy groups -OCH3 is 2. The van der Waals surface area contributed by atoms with Crippen LogP contribution < -0.4 is 23.8 Å². The summed E-state index contributed by atoms with van der Waals surface area (Å²) in [5.41, 5.74) is 2.46. The van der Waals surface area contributed by atoms with Crippen LogP contribution in [0.25, 0.3) is 11.0 Å². The zero-order valence-corrected chi connectivity index (χ0v) is 22.7. The van der Waals surface area contributed by atoms with Crippen LogP contribution in [-0.4, -0.2) is 76.0 Å². The van der Waals surface area contributed by atoms with Crippen molar-refractivity contribution in [3.63, 3.8) is 0 Å². The summed E-state index contributed by atoms with van der Waals surface area (Å²) in [4.78, 5) is 13.1. The van der Waals surface area contributed by atoms with Gasteiger partial charge in [-0.05, 0) is 30.6 Å². The molecule has 0 atom stereocenters. The number of nitrogens with one attached hydrogen (secondary N) is 1. The van der Waals surface area contributed by atoms with Gasteiger partial charge in [-0.2, -0.15) is 0 Å². The van der Waals surface area contributed by atoms with Gasteiger partial charge in [-0.1, -0.05) is 18.2 Å². The number of aliphatic hydroxyl groups is 1. The number of hydrogen-bond acceptors (Lipinski definition) is 11. The van der Waals surface area contributed by atoms with E-state index in [4.69, 9.17) is 24.3 Å². The monoisotopic (exact) mass is 557 g/mol. The van der Waals surface area contributed by atoms with Crippen molar-refractivity contribution in [2.24, 2.45) is 0 Å². The van der Waals surface area contributed by atoms with Crippen LogP contribution in [0.2, 0.25) is 0 Å². The molecule has 0 fully saturated rings. The van der Waals surface area contributed by atoms with Crippen molar-refractivity contribution < 1.29 is 27.7 Å². The Labute approximate surface area is 224 Å². The van der Waals surface area contributed by atoms with E-state index in [0.29, 0.717) is 59.4 Å². The Balaban J connectivity index is 1.57. The number of sulfonamides is 1. The highest BCUT2D eigenvalue weighted by atomic mass is 32.2. The molecule has 0 unspecified atom stereocenters. The van der Waals surface area contributed by atoms with Gasteiger partial charge in [0, 0.05) is 19.2 Å². The van der Waals surface area contributed by atoms with Gasteiger partial charge in [0.2, 0.25) is 0 Å². The Bertz CT molecular complexity index is 1560. The summed E-state index contributed by atoms with van der Waals surface area (Å²) >= 11 is 1.11. The van der Waals surface area contributed by atoms with Crippen LogP contribution in [0.5, 0.6) is 17.2 Å². The molecule has 0 aliphatic carbocycles. The molecule has 11 nitrogen and oxygen atoms in total. The van der Waals surface area contributed by atoms with Crippen molar-refractivity contribution in [2.45, 2.75) is 4.21 Å². The predicted octanol–water partition coefficient (Wildman–Crippen LogP) is 3.60. The zero-order chi connectivity index (χ0) is 26.9. The van der Waals surface area contributed by atoms with Crippen molar-refractivity contribution in [2.75, 3.05) is 57.2 Å². The summed E-state index contributed by atoms with van der Waals surface area (Å²) in [6.45, 7) is 1.48. The number of fused-ring (bicyclic) bond motifs is 2. The Morgan fingerprint density at radius 1 is 1.03 bits per heavy atom. The molecule has 1 aliphatic rings. The molecule has 0 bridgehead atoms. The summed E-state index contributed by atoms with van der Waals surface area (Å²) in [5.74, 6) is 1.81. The molecule has 13 heteroatoms. The fourth-order valence-corrected chi connectivity index (χ4v) is 6.02. The third kappa shape index (κ3) is 4.92. The Hall–Kier alpha value is -3.65. The van der Waals surface area contributed by atoms with Gasteiger partial charge in [-0.25, -0.2) is 18.4 Å². The number of hydrogen-bond donors (Lipinski definition) is 2. The first-order chi connectivity index (χ1) is 18.4. The topological polar surface area (TPSA) is 126 Å².